The number of methoxy groups -OCH3 is 1. The number of rotatable bonds is 20. The van der Waals surface area contributed by atoms with Crippen LogP contribution >= 0.6 is 23.1 Å². The van der Waals surface area contributed by atoms with Crippen molar-refractivity contribution in [2.45, 2.75) is 29.2 Å². The Hall–Kier alpha value is -9.25. The van der Waals surface area contributed by atoms with E-state index in [0.29, 0.717) is 22.0 Å². The molecule has 10 rings (SSSR count). The molecule has 396 valence electrons. The van der Waals surface area contributed by atoms with E-state index in [4.69, 9.17) is 29.2 Å². The van der Waals surface area contributed by atoms with Gasteiger partial charge in [0.2, 0.25) is 5.60 Å². The molecule has 1 fully saturated rings. The third-order valence-corrected chi connectivity index (χ3v) is 15.6. The van der Waals surface area contributed by atoms with Crippen molar-refractivity contribution in [1.82, 2.24) is 20.5 Å². The van der Waals surface area contributed by atoms with Gasteiger partial charge in [0.25, 0.3) is 11.8 Å². The lowest BCUT2D eigenvalue weighted by atomic mass is 9.77. The topological polar surface area (TPSA) is 170 Å². The fourth-order valence-corrected chi connectivity index (χ4v) is 11.7. The van der Waals surface area contributed by atoms with E-state index in [-0.39, 0.29) is 36.1 Å². The molecule has 2 atom stereocenters. The second-order valence-electron chi connectivity index (χ2n) is 18.2. The molecule has 7 aromatic carbocycles. The molecular weight excluding hydrogens is 1030 g/mol. The number of oxime groups is 1. The van der Waals surface area contributed by atoms with Crippen molar-refractivity contribution in [3.8, 4) is 5.75 Å². The smallest absolute Gasteiger partial charge is 0.407 e. The summed E-state index contributed by atoms with van der Waals surface area (Å²) in [5, 5.41) is 15.5. The maximum atomic E-state index is 15.4. The van der Waals surface area contributed by atoms with Crippen LogP contribution in [0.15, 0.2) is 240 Å². The van der Waals surface area contributed by atoms with Crippen LogP contribution in [0.25, 0.3) is 0 Å². The van der Waals surface area contributed by atoms with Gasteiger partial charge < -0.3 is 35.0 Å². The average Bonchev–Trinajstić information content (AvgIpc) is 4.07. The normalized spacial score (nSPS) is 15.3. The number of aromatic nitrogens is 1. The minimum Gasteiger partial charge on any atom is -0.497 e. The van der Waals surface area contributed by atoms with Crippen LogP contribution in [-0.4, -0.2) is 77.4 Å². The Balaban J connectivity index is 1.03. The number of anilines is 1. The van der Waals surface area contributed by atoms with Crippen LogP contribution < -0.4 is 20.7 Å². The van der Waals surface area contributed by atoms with Gasteiger partial charge in [-0.1, -0.05) is 205 Å². The maximum Gasteiger partial charge on any atom is 0.407 e. The summed E-state index contributed by atoms with van der Waals surface area (Å²) in [6.45, 7) is -0.186. The van der Waals surface area contributed by atoms with Gasteiger partial charge in [-0.2, -0.15) is 0 Å². The monoisotopic (exact) mass is 1090 g/mol. The van der Waals surface area contributed by atoms with Crippen LogP contribution in [0.2, 0.25) is 0 Å². The van der Waals surface area contributed by atoms with Crippen molar-refractivity contribution in [2.24, 2.45) is 5.16 Å². The predicted octanol–water partition coefficient (Wildman–Crippen LogP) is 10.6. The number of esters is 1. The lowest BCUT2D eigenvalue weighted by Gasteiger charge is -2.49. The van der Waals surface area contributed by atoms with Crippen LogP contribution in [0.1, 0.15) is 44.6 Å². The van der Waals surface area contributed by atoms with Gasteiger partial charge in [-0.25, -0.2) is 14.6 Å². The molecule has 3 amide bonds. The number of nitrogens with zero attached hydrogens (tertiary/aromatic N) is 3. The predicted molar refractivity (Wildman–Crippen MR) is 306 cm³/mol. The fraction of sp³-hybridized carbons (Fsp3) is 0.143. The van der Waals surface area contributed by atoms with Crippen molar-refractivity contribution in [2.75, 3.05) is 31.8 Å². The molecule has 0 bridgehead atoms. The van der Waals surface area contributed by atoms with E-state index in [9.17, 15) is 14.4 Å². The number of thioether (sulfide) groups is 1. The van der Waals surface area contributed by atoms with Crippen LogP contribution in [0.4, 0.5) is 9.93 Å². The summed E-state index contributed by atoms with van der Waals surface area (Å²) in [6, 6.07) is 65.2. The first-order valence-electron chi connectivity index (χ1n) is 25.4. The van der Waals surface area contributed by atoms with Gasteiger partial charge in [0.15, 0.2) is 10.8 Å². The van der Waals surface area contributed by atoms with Gasteiger partial charge in [-0.05, 0) is 46.0 Å². The van der Waals surface area contributed by atoms with Crippen LogP contribution in [-0.2, 0) is 46.4 Å². The SMILES string of the molecule is CNC(=O)OC/C=C\C1=C(C(=O)OCc2ccc(OC)cc2)N2C(=O)C(NC(=O)/C(=N\OC(c3ccccc3)(c3ccccc3)c3ccccc3)c3csc(NC(c4ccccc4)(c4ccccc4)c4ccccc4)n3)[C@@H]2SC1. The molecule has 1 aromatic heterocycles. The first kappa shape index (κ1) is 53.2. The second-order valence-corrected chi connectivity index (χ2v) is 20.2. The number of nitrogens with one attached hydrogen (secondary N) is 3. The fourth-order valence-electron chi connectivity index (χ4n) is 9.67. The van der Waals surface area contributed by atoms with Gasteiger partial charge in [0, 0.05) is 34.9 Å². The summed E-state index contributed by atoms with van der Waals surface area (Å²) in [5.74, 6) is -1.17. The summed E-state index contributed by atoms with van der Waals surface area (Å²) in [6.07, 6.45) is 2.58. The zero-order chi connectivity index (χ0) is 54.6. The zero-order valence-electron chi connectivity index (χ0n) is 43.1. The van der Waals surface area contributed by atoms with Crippen LogP contribution in [0.3, 0.4) is 0 Å². The minimum absolute atomic E-state index is 0.00786. The van der Waals surface area contributed by atoms with Crippen molar-refractivity contribution in [3.05, 3.63) is 280 Å². The summed E-state index contributed by atoms with van der Waals surface area (Å²) >= 11 is 2.64. The number of ether oxygens (including phenoxy) is 3. The van der Waals surface area contributed by atoms with Crippen molar-refractivity contribution >= 4 is 57.8 Å². The van der Waals surface area contributed by atoms with E-state index in [1.165, 1.54) is 35.0 Å². The standard InChI is InChI=1S/C63H54N6O8S2/c1-64-61(73)75-39-21-22-44-41-78-58-54(57(71)69(58)55(44)59(72)76-40-43-35-37-51(74-2)38-36-43)66-56(70)53(68-77-63(48-29-15-6-16-30-48,49-31-17-7-18-32-49)50-33-19-8-20-34-50)52-42-79-60(65-52)67-62(45-23-9-3-10-24-45,46-25-11-4-12-26-46)47-27-13-5-14-28-47/h3-38,42,54,58H,39-41H2,1-2H3,(H,64,73)(H,65,67)(H,66,70)/b22-21-,68-53-/t54?,58-/m0/s1. The number of hydrogen-bond acceptors (Lipinski definition) is 13. The summed E-state index contributed by atoms with van der Waals surface area (Å²) < 4.78 is 16.3. The van der Waals surface area contributed by atoms with Gasteiger partial charge in [0.1, 0.15) is 47.3 Å². The van der Waals surface area contributed by atoms with Crippen LogP contribution in [0.5, 0.6) is 5.75 Å². The molecule has 3 heterocycles. The number of alkyl carbamates (subject to hydrolysis) is 1. The number of amides is 3. The first-order chi connectivity index (χ1) is 38.7. The van der Waals surface area contributed by atoms with Crippen molar-refractivity contribution in [3.63, 3.8) is 0 Å². The zero-order valence-corrected chi connectivity index (χ0v) is 44.7. The Morgan fingerprint density at radius 2 is 1.20 bits per heavy atom. The van der Waals surface area contributed by atoms with Gasteiger partial charge >= 0.3 is 12.1 Å². The number of β-lactam (4-membered cyclic amide) rings is 1. The molecule has 1 unspecified atom stereocenters. The summed E-state index contributed by atoms with van der Waals surface area (Å²) in [5.41, 5.74) is 3.85. The number of carbonyl (C=O) groups is 4. The van der Waals surface area contributed by atoms with Crippen LogP contribution in [0, 0.1) is 0 Å². The summed E-state index contributed by atoms with van der Waals surface area (Å²) in [4.78, 5) is 69.5. The Morgan fingerprint density at radius 1 is 0.696 bits per heavy atom. The van der Waals surface area contributed by atoms with E-state index in [1.54, 1.807) is 48.9 Å². The molecule has 0 saturated carbocycles. The third kappa shape index (κ3) is 11.1. The molecule has 16 heteroatoms. The number of fused-ring (bicyclic) bond motifs is 1. The average molecular weight is 1090 g/mol. The number of thiazole rings is 1. The molecular formula is C63H54N6O8S2. The highest BCUT2D eigenvalue weighted by atomic mass is 32.2. The van der Waals surface area contributed by atoms with Gasteiger partial charge in [-0.15, -0.1) is 23.1 Å². The summed E-state index contributed by atoms with van der Waals surface area (Å²) in [7, 11) is 3.01. The molecule has 8 aromatic rings. The number of hydrogen-bond donors (Lipinski definition) is 3. The number of allylic oxidation sites excluding steroid dienone is 1. The van der Waals surface area contributed by atoms with Gasteiger partial charge in [-0.3, -0.25) is 14.5 Å². The number of carbonyl (C=O) groups excluding carboxylic acids is 4. The number of benzene rings is 7. The maximum absolute atomic E-state index is 15.4. The largest absolute Gasteiger partial charge is 0.497 e. The van der Waals surface area contributed by atoms with Crippen molar-refractivity contribution < 1.29 is 38.2 Å². The second kappa shape index (κ2) is 24.4. The first-order valence-corrected chi connectivity index (χ1v) is 27.3. The lowest BCUT2D eigenvalue weighted by Crippen LogP contribution is -2.71. The molecule has 2 aliphatic heterocycles. The van der Waals surface area contributed by atoms with E-state index in [0.717, 1.165) is 33.4 Å². The third-order valence-electron chi connectivity index (χ3n) is 13.5. The highest BCUT2D eigenvalue weighted by molar-refractivity contribution is 8.00. The highest BCUT2D eigenvalue weighted by Gasteiger charge is 2.55. The Bertz CT molecular complexity index is 3300. The van der Waals surface area contributed by atoms with E-state index < -0.39 is 46.4 Å². The van der Waals surface area contributed by atoms with Crippen molar-refractivity contribution in [1.29, 1.82) is 0 Å². The molecule has 14 nitrogen and oxygen atoms in total. The molecule has 0 aliphatic carbocycles. The van der Waals surface area contributed by atoms with E-state index in [2.05, 4.69) is 52.3 Å². The molecule has 2 aliphatic rings. The van der Waals surface area contributed by atoms with E-state index >= 15 is 4.79 Å². The molecule has 3 N–H and O–H groups in total. The Labute approximate surface area is 465 Å². The molecule has 0 radical (unpaired) electrons. The Kier molecular flexibility index (Phi) is 16.4. The Morgan fingerprint density at radius 3 is 1.70 bits per heavy atom. The molecule has 0 spiro atoms. The van der Waals surface area contributed by atoms with Gasteiger partial charge in [0.05, 0.1) is 7.11 Å². The quantitative estimate of drug-likeness (QED) is 0.0218. The molecule has 1 saturated heterocycles. The lowest BCUT2D eigenvalue weighted by molar-refractivity contribution is -0.153. The minimum atomic E-state index is -1.39. The molecule has 79 heavy (non-hydrogen) atoms. The highest BCUT2D eigenvalue weighted by Crippen LogP contribution is 2.44. The van der Waals surface area contributed by atoms with E-state index in [1.807, 2.05) is 146 Å².